The van der Waals surface area contributed by atoms with Gasteiger partial charge < -0.3 is 4.57 Å². The van der Waals surface area contributed by atoms with Crippen LogP contribution in [0.15, 0.2) is 122 Å². The zero-order chi connectivity index (χ0) is 31.8. The Morgan fingerprint density at radius 1 is 0.596 bits per heavy atom. The van der Waals surface area contributed by atoms with E-state index in [1.165, 1.54) is 64.5 Å². The van der Waals surface area contributed by atoms with Crippen LogP contribution in [0.4, 0.5) is 0 Å². The van der Waals surface area contributed by atoms with Crippen molar-refractivity contribution in [3.63, 3.8) is 0 Å². The molecule has 0 aliphatic rings. The van der Waals surface area contributed by atoms with Gasteiger partial charge in [0.05, 0.1) is 34.1 Å². The van der Waals surface area contributed by atoms with Gasteiger partial charge >= 0.3 is 0 Å². The van der Waals surface area contributed by atoms with Gasteiger partial charge in [-0.15, -0.1) is 11.3 Å². The van der Waals surface area contributed by atoms with Crippen molar-refractivity contribution in [2.24, 2.45) is 0 Å². The van der Waals surface area contributed by atoms with E-state index in [0.717, 1.165) is 22.4 Å². The fourth-order valence-electron chi connectivity index (χ4n) is 7.46. The lowest BCUT2D eigenvalue weighted by Gasteiger charge is -2.23. The standard InChI is InChI=1S/C42H34N4S/c1-25(2)27-15-11-16-28(26(3)4)40(27)46-36-22-23-43-24-33(36)44-42(46)32-20-21-37(39-31-14-7-10-19-38(31)47-41(32)39)45-34-17-8-5-12-29(34)30-13-6-9-18-35(30)45/h5-26H,1-4H3. The Hall–Kier alpha value is -5.26. The van der Waals surface area contributed by atoms with E-state index in [-0.39, 0.29) is 0 Å². The summed E-state index contributed by atoms with van der Waals surface area (Å²) in [4.78, 5) is 9.87. The van der Waals surface area contributed by atoms with Crippen molar-refractivity contribution in [1.29, 1.82) is 0 Å². The smallest absolute Gasteiger partial charge is 0.147 e. The Morgan fingerprint density at radius 3 is 1.91 bits per heavy atom. The second kappa shape index (κ2) is 10.6. The average molecular weight is 627 g/mol. The Kier molecular flexibility index (Phi) is 6.34. The third-order valence-electron chi connectivity index (χ3n) is 9.59. The molecule has 5 aromatic carbocycles. The lowest BCUT2D eigenvalue weighted by atomic mass is 9.92. The maximum atomic E-state index is 5.37. The van der Waals surface area contributed by atoms with Crippen LogP contribution in [0.5, 0.6) is 0 Å². The first-order valence-corrected chi connectivity index (χ1v) is 17.2. The predicted octanol–water partition coefficient (Wildman–Crippen LogP) is 11.8. The van der Waals surface area contributed by atoms with E-state index in [0.29, 0.717) is 11.8 Å². The van der Waals surface area contributed by atoms with E-state index in [1.807, 2.05) is 23.7 Å². The van der Waals surface area contributed by atoms with E-state index < -0.39 is 0 Å². The van der Waals surface area contributed by atoms with Gasteiger partial charge in [0, 0.05) is 42.7 Å². The van der Waals surface area contributed by atoms with Gasteiger partial charge in [0.15, 0.2) is 0 Å². The molecule has 4 aromatic heterocycles. The normalized spacial score (nSPS) is 12.2. The van der Waals surface area contributed by atoms with Crippen LogP contribution in [0.25, 0.3) is 75.8 Å². The number of benzene rings is 5. The summed E-state index contributed by atoms with van der Waals surface area (Å²) in [5.74, 6) is 1.64. The zero-order valence-electron chi connectivity index (χ0n) is 26.9. The summed E-state index contributed by atoms with van der Waals surface area (Å²) >= 11 is 1.86. The van der Waals surface area contributed by atoms with E-state index in [2.05, 4.69) is 151 Å². The predicted molar refractivity (Wildman–Crippen MR) is 200 cm³/mol. The number of pyridine rings is 1. The van der Waals surface area contributed by atoms with Crippen molar-refractivity contribution >= 4 is 64.3 Å². The number of hydrogen-bond acceptors (Lipinski definition) is 3. The number of hydrogen-bond donors (Lipinski definition) is 0. The second-order valence-corrected chi connectivity index (χ2v) is 14.1. The van der Waals surface area contributed by atoms with Crippen LogP contribution in [0.3, 0.4) is 0 Å². The molecule has 0 saturated heterocycles. The topological polar surface area (TPSA) is 35.6 Å². The van der Waals surface area contributed by atoms with Crippen LogP contribution in [0.1, 0.15) is 50.7 Å². The van der Waals surface area contributed by atoms with E-state index in [4.69, 9.17) is 4.98 Å². The highest BCUT2D eigenvalue weighted by molar-refractivity contribution is 7.26. The van der Waals surface area contributed by atoms with Crippen molar-refractivity contribution in [3.8, 4) is 22.8 Å². The molecule has 0 radical (unpaired) electrons. The molecule has 9 rings (SSSR count). The SMILES string of the molecule is CC(C)c1cccc(C(C)C)c1-n1c(-c2ccc(-n3c4ccccc4c4ccccc43)c3c2sc2ccccc23)nc2cnccc21. The van der Waals surface area contributed by atoms with Crippen LogP contribution in [-0.2, 0) is 0 Å². The molecule has 4 nitrogen and oxygen atoms in total. The number of para-hydroxylation sites is 3. The number of imidazole rings is 1. The first-order valence-electron chi connectivity index (χ1n) is 16.4. The van der Waals surface area contributed by atoms with E-state index in [1.54, 1.807) is 0 Å². The molecule has 0 bridgehead atoms. The second-order valence-electron chi connectivity index (χ2n) is 13.0. The minimum Gasteiger partial charge on any atom is -0.309 e. The van der Waals surface area contributed by atoms with E-state index >= 15 is 0 Å². The quantitative estimate of drug-likeness (QED) is 0.191. The Balaban J connectivity index is 1.43. The first kappa shape index (κ1) is 28.0. The van der Waals surface area contributed by atoms with Gasteiger partial charge in [-0.25, -0.2) is 4.98 Å². The van der Waals surface area contributed by atoms with Gasteiger partial charge in [0.1, 0.15) is 11.3 Å². The van der Waals surface area contributed by atoms with Gasteiger partial charge in [0.25, 0.3) is 0 Å². The molecule has 0 spiro atoms. The fraction of sp³-hybridized carbons (Fsp3) is 0.143. The van der Waals surface area contributed by atoms with Gasteiger partial charge in [-0.1, -0.05) is 100 Å². The molecular formula is C42H34N4S. The average Bonchev–Trinajstić information content (AvgIpc) is 3.77. The monoisotopic (exact) mass is 626 g/mol. The minimum absolute atomic E-state index is 0.345. The van der Waals surface area contributed by atoms with Crippen LogP contribution in [-0.4, -0.2) is 19.1 Å². The van der Waals surface area contributed by atoms with Crippen molar-refractivity contribution in [3.05, 3.63) is 133 Å². The number of aromatic nitrogens is 4. The first-order chi connectivity index (χ1) is 23.0. The lowest BCUT2D eigenvalue weighted by Crippen LogP contribution is -2.08. The highest BCUT2D eigenvalue weighted by Crippen LogP contribution is 2.46. The molecule has 0 amide bonds. The van der Waals surface area contributed by atoms with Crippen LogP contribution < -0.4 is 0 Å². The van der Waals surface area contributed by atoms with E-state index in [9.17, 15) is 0 Å². The number of nitrogens with zero attached hydrogens (tertiary/aromatic N) is 4. The molecule has 0 atom stereocenters. The van der Waals surface area contributed by atoms with Gasteiger partial charge in [-0.2, -0.15) is 0 Å². The molecule has 0 unspecified atom stereocenters. The molecular weight excluding hydrogens is 593 g/mol. The highest BCUT2D eigenvalue weighted by Gasteiger charge is 2.25. The third-order valence-corrected chi connectivity index (χ3v) is 10.8. The molecule has 0 saturated carbocycles. The summed E-state index contributed by atoms with van der Waals surface area (Å²) in [6.07, 6.45) is 3.79. The molecule has 228 valence electrons. The maximum Gasteiger partial charge on any atom is 0.147 e. The lowest BCUT2D eigenvalue weighted by molar-refractivity contribution is 0.811. The Bertz CT molecular complexity index is 2570. The largest absolute Gasteiger partial charge is 0.309 e. The van der Waals surface area contributed by atoms with Crippen molar-refractivity contribution in [2.75, 3.05) is 0 Å². The number of thiophene rings is 1. The van der Waals surface area contributed by atoms with Crippen LogP contribution in [0, 0.1) is 0 Å². The molecule has 0 N–H and O–H groups in total. The fourth-order valence-corrected chi connectivity index (χ4v) is 8.70. The van der Waals surface area contributed by atoms with Gasteiger partial charge in [-0.3, -0.25) is 9.55 Å². The van der Waals surface area contributed by atoms with Crippen molar-refractivity contribution < 1.29 is 0 Å². The molecule has 0 aliphatic heterocycles. The van der Waals surface area contributed by atoms with Gasteiger partial charge in [0.2, 0.25) is 0 Å². The zero-order valence-corrected chi connectivity index (χ0v) is 27.7. The van der Waals surface area contributed by atoms with Crippen molar-refractivity contribution in [2.45, 2.75) is 39.5 Å². The summed E-state index contributed by atoms with van der Waals surface area (Å²) in [6.45, 7) is 9.14. The summed E-state index contributed by atoms with van der Waals surface area (Å²) in [5, 5.41) is 5.05. The molecule has 0 aliphatic carbocycles. The van der Waals surface area contributed by atoms with Crippen molar-refractivity contribution in [1.82, 2.24) is 19.1 Å². The number of fused-ring (bicyclic) bond motifs is 7. The summed E-state index contributed by atoms with van der Waals surface area (Å²) in [5.41, 5.74) is 10.6. The Labute approximate surface area is 277 Å². The highest BCUT2D eigenvalue weighted by atomic mass is 32.1. The maximum absolute atomic E-state index is 5.37. The molecule has 4 heterocycles. The van der Waals surface area contributed by atoms with Crippen LogP contribution >= 0.6 is 11.3 Å². The molecule has 47 heavy (non-hydrogen) atoms. The molecule has 5 heteroatoms. The third kappa shape index (κ3) is 4.13. The van der Waals surface area contributed by atoms with Crippen LogP contribution in [0.2, 0.25) is 0 Å². The summed E-state index contributed by atoms with van der Waals surface area (Å²) in [7, 11) is 0. The number of rotatable bonds is 5. The Morgan fingerprint density at radius 2 is 1.23 bits per heavy atom. The summed E-state index contributed by atoms with van der Waals surface area (Å²) in [6, 6.07) is 39.8. The molecule has 0 fully saturated rings. The molecule has 9 aromatic rings. The summed E-state index contributed by atoms with van der Waals surface area (Å²) < 4.78 is 7.38. The minimum atomic E-state index is 0.345. The van der Waals surface area contributed by atoms with Gasteiger partial charge in [-0.05, 0) is 59.4 Å².